The largest absolute Gasteiger partial charge is 0.396 e. The lowest BCUT2D eigenvalue weighted by atomic mass is 9.83. The summed E-state index contributed by atoms with van der Waals surface area (Å²) in [6.07, 6.45) is 8.85. The molecule has 3 heteroatoms. The van der Waals surface area contributed by atoms with Crippen molar-refractivity contribution in [2.24, 2.45) is 11.3 Å². The van der Waals surface area contributed by atoms with E-state index in [1.807, 2.05) is 0 Å². The molecule has 17 heavy (non-hydrogen) atoms. The Bertz CT molecular complexity index is 261. The number of nitrogens with one attached hydrogen (secondary N) is 1. The minimum absolute atomic E-state index is 0.112. The van der Waals surface area contributed by atoms with Crippen LogP contribution >= 0.6 is 0 Å². The van der Waals surface area contributed by atoms with E-state index >= 15 is 0 Å². The molecule has 0 spiro atoms. The average molecular weight is 239 g/mol. The van der Waals surface area contributed by atoms with E-state index < -0.39 is 0 Å². The van der Waals surface area contributed by atoms with Crippen LogP contribution < -0.4 is 5.32 Å². The third-order valence-corrected chi connectivity index (χ3v) is 4.06. The Balaban J connectivity index is 2.33. The monoisotopic (exact) mass is 239 g/mol. The van der Waals surface area contributed by atoms with Gasteiger partial charge in [0.2, 0.25) is 5.91 Å². The van der Waals surface area contributed by atoms with Gasteiger partial charge in [-0.1, -0.05) is 26.0 Å². The summed E-state index contributed by atoms with van der Waals surface area (Å²) in [5.74, 6) is 0.531. The normalized spacial score (nSPS) is 19.6. The highest BCUT2D eigenvalue weighted by atomic mass is 16.3. The lowest BCUT2D eigenvalue weighted by Crippen LogP contribution is -2.39. The fraction of sp³-hybridized carbons (Fsp3) is 0.786. The molecule has 1 amide bonds. The molecule has 98 valence electrons. The van der Waals surface area contributed by atoms with Crippen molar-refractivity contribution in [3.63, 3.8) is 0 Å². The Hall–Kier alpha value is -0.830. The molecule has 1 aliphatic rings. The molecule has 1 atom stereocenters. The smallest absolute Gasteiger partial charge is 0.220 e. The predicted molar refractivity (Wildman–Crippen MR) is 69.6 cm³/mol. The molecule has 3 nitrogen and oxygen atoms in total. The van der Waals surface area contributed by atoms with Gasteiger partial charge in [-0.05, 0) is 31.6 Å². The molecule has 0 fully saturated rings. The number of carbonyl (C=O) groups excluding carboxylic acids is 1. The van der Waals surface area contributed by atoms with Gasteiger partial charge >= 0.3 is 0 Å². The molecule has 2 N–H and O–H groups in total. The number of hydrogen-bond acceptors (Lipinski definition) is 2. The molecule has 0 radical (unpaired) electrons. The second-order valence-electron chi connectivity index (χ2n) is 5.11. The Labute approximate surface area is 104 Å². The SMILES string of the molecule is CCC(CC)(CO)CNC(=O)CC1C=CCC1. The zero-order valence-electron chi connectivity index (χ0n) is 11.0. The zero-order valence-corrected chi connectivity index (χ0v) is 11.0. The maximum atomic E-state index is 11.8. The molecule has 0 saturated carbocycles. The summed E-state index contributed by atoms with van der Waals surface area (Å²) < 4.78 is 0. The fourth-order valence-corrected chi connectivity index (χ4v) is 2.24. The number of aliphatic hydroxyl groups is 1. The number of aliphatic hydroxyl groups excluding tert-OH is 1. The van der Waals surface area contributed by atoms with Crippen LogP contribution in [0.4, 0.5) is 0 Å². The summed E-state index contributed by atoms with van der Waals surface area (Å²) >= 11 is 0. The van der Waals surface area contributed by atoms with Gasteiger partial charge in [0, 0.05) is 18.4 Å². The van der Waals surface area contributed by atoms with Crippen molar-refractivity contribution in [1.29, 1.82) is 0 Å². The van der Waals surface area contributed by atoms with Gasteiger partial charge in [0.15, 0.2) is 0 Å². The fourth-order valence-electron chi connectivity index (χ4n) is 2.24. The first kappa shape index (κ1) is 14.2. The lowest BCUT2D eigenvalue weighted by molar-refractivity contribution is -0.122. The molecular formula is C14H25NO2. The highest BCUT2D eigenvalue weighted by Crippen LogP contribution is 2.25. The lowest BCUT2D eigenvalue weighted by Gasteiger charge is -2.29. The van der Waals surface area contributed by atoms with Crippen molar-refractivity contribution in [2.75, 3.05) is 13.2 Å². The van der Waals surface area contributed by atoms with Crippen LogP contribution in [-0.2, 0) is 4.79 Å². The molecule has 0 aromatic carbocycles. The van der Waals surface area contributed by atoms with Gasteiger partial charge in [0.25, 0.3) is 0 Å². The third kappa shape index (κ3) is 4.15. The van der Waals surface area contributed by atoms with E-state index in [1.54, 1.807) is 0 Å². The molecule has 1 aliphatic carbocycles. The van der Waals surface area contributed by atoms with Gasteiger partial charge in [-0.3, -0.25) is 4.79 Å². The Morgan fingerprint density at radius 1 is 1.47 bits per heavy atom. The topological polar surface area (TPSA) is 49.3 Å². The van der Waals surface area contributed by atoms with E-state index in [1.165, 1.54) is 0 Å². The van der Waals surface area contributed by atoms with Gasteiger partial charge in [0.05, 0.1) is 6.61 Å². The second-order valence-corrected chi connectivity index (χ2v) is 5.11. The standard InChI is InChI=1S/C14H25NO2/c1-3-14(4-2,11-16)10-15-13(17)9-12-7-5-6-8-12/h5,7,12,16H,3-4,6,8-11H2,1-2H3,(H,15,17). The van der Waals surface area contributed by atoms with Gasteiger partial charge in [0.1, 0.15) is 0 Å². The van der Waals surface area contributed by atoms with Crippen molar-refractivity contribution < 1.29 is 9.90 Å². The molecule has 1 unspecified atom stereocenters. The first-order chi connectivity index (χ1) is 8.15. The second kappa shape index (κ2) is 6.80. The highest BCUT2D eigenvalue weighted by molar-refractivity contribution is 5.76. The third-order valence-electron chi connectivity index (χ3n) is 4.06. The van der Waals surface area contributed by atoms with Crippen LogP contribution in [0.2, 0.25) is 0 Å². The quantitative estimate of drug-likeness (QED) is 0.669. The maximum Gasteiger partial charge on any atom is 0.220 e. The molecule has 0 aromatic heterocycles. The van der Waals surface area contributed by atoms with Crippen LogP contribution in [0.3, 0.4) is 0 Å². The Morgan fingerprint density at radius 3 is 2.65 bits per heavy atom. The van der Waals surface area contributed by atoms with Crippen LogP contribution in [-0.4, -0.2) is 24.2 Å². The van der Waals surface area contributed by atoms with Crippen molar-refractivity contribution in [1.82, 2.24) is 5.32 Å². The van der Waals surface area contributed by atoms with E-state index in [9.17, 15) is 9.90 Å². The summed E-state index contributed by atoms with van der Waals surface area (Å²) in [5, 5.41) is 12.4. The molecule has 0 aliphatic heterocycles. The first-order valence-electron chi connectivity index (χ1n) is 6.70. The summed E-state index contributed by atoms with van der Waals surface area (Å²) in [6, 6.07) is 0. The van der Waals surface area contributed by atoms with Crippen LogP contribution in [0.15, 0.2) is 12.2 Å². The van der Waals surface area contributed by atoms with Crippen molar-refractivity contribution in [3.8, 4) is 0 Å². The molecule has 0 aromatic rings. The van der Waals surface area contributed by atoms with E-state index in [0.29, 0.717) is 18.9 Å². The van der Waals surface area contributed by atoms with Gasteiger partial charge in [-0.2, -0.15) is 0 Å². The van der Waals surface area contributed by atoms with Crippen molar-refractivity contribution >= 4 is 5.91 Å². The minimum Gasteiger partial charge on any atom is -0.396 e. The van der Waals surface area contributed by atoms with Crippen molar-refractivity contribution in [3.05, 3.63) is 12.2 Å². The summed E-state index contributed by atoms with van der Waals surface area (Å²) in [6.45, 7) is 4.85. The summed E-state index contributed by atoms with van der Waals surface area (Å²) in [4.78, 5) is 11.8. The highest BCUT2D eigenvalue weighted by Gasteiger charge is 2.26. The molecule has 0 bridgehead atoms. The summed E-state index contributed by atoms with van der Waals surface area (Å²) in [5.41, 5.74) is -0.138. The van der Waals surface area contributed by atoms with Crippen LogP contribution in [0.5, 0.6) is 0 Å². The number of carbonyl (C=O) groups is 1. The van der Waals surface area contributed by atoms with E-state index in [0.717, 1.165) is 25.7 Å². The van der Waals surface area contributed by atoms with Crippen LogP contribution in [0.1, 0.15) is 46.0 Å². The first-order valence-corrected chi connectivity index (χ1v) is 6.70. The number of amides is 1. The summed E-state index contributed by atoms with van der Waals surface area (Å²) in [7, 11) is 0. The van der Waals surface area contributed by atoms with Crippen LogP contribution in [0.25, 0.3) is 0 Å². The number of allylic oxidation sites excluding steroid dienone is 2. The molecule has 0 saturated heterocycles. The molecule has 0 heterocycles. The number of hydrogen-bond donors (Lipinski definition) is 2. The molecular weight excluding hydrogens is 214 g/mol. The Morgan fingerprint density at radius 2 is 2.18 bits per heavy atom. The predicted octanol–water partition coefficient (Wildman–Crippen LogP) is 2.26. The van der Waals surface area contributed by atoms with E-state index in [2.05, 4.69) is 31.3 Å². The Kier molecular flexibility index (Phi) is 5.69. The van der Waals surface area contributed by atoms with Gasteiger partial charge < -0.3 is 10.4 Å². The average Bonchev–Trinajstić information content (AvgIpc) is 2.84. The molecule has 1 rings (SSSR count). The minimum atomic E-state index is -0.138. The van der Waals surface area contributed by atoms with E-state index in [-0.39, 0.29) is 17.9 Å². The van der Waals surface area contributed by atoms with E-state index in [4.69, 9.17) is 0 Å². The van der Waals surface area contributed by atoms with Gasteiger partial charge in [-0.25, -0.2) is 0 Å². The zero-order chi connectivity index (χ0) is 12.7. The van der Waals surface area contributed by atoms with Crippen LogP contribution in [0, 0.1) is 11.3 Å². The van der Waals surface area contributed by atoms with Gasteiger partial charge in [-0.15, -0.1) is 0 Å². The van der Waals surface area contributed by atoms with Crippen molar-refractivity contribution in [2.45, 2.75) is 46.0 Å². The number of rotatable bonds is 7. The maximum absolute atomic E-state index is 11.8.